The minimum absolute atomic E-state index is 0.137. The molecule has 0 saturated heterocycles. The fraction of sp³-hybridized carbons (Fsp3) is 0.438. The lowest BCUT2D eigenvalue weighted by molar-refractivity contribution is -0.159. The number of alkyl halides is 5. The van der Waals surface area contributed by atoms with Crippen LogP contribution in [0, 0.1) is 0 Å². The van der Waals surface area contributed by atoms with Crippen molar-refractivity contribution in [3.05, 3.63) is 35.7 Å². The normalized spacial score (nSPS) is 12.1. The SMILES string of the molecule is CCN(Cc1ccc(-c2noc(C(F)(F)F)n2)cc1)C(=O)NCC(C)(F)F. The van der Waals surface area contributed by atoms with Crippen LogP contribution in [0.1, 0.15) is 25.3 Å². The first kappa shape index (κ1) is 20.6. The fourth-order valence-electron chi connectivity index (χ4n) is 2.11. The Labute approximate surface area is 151 Å². The number of rotatable bonds is 6. The van der Waals surface area contributed by atoms with Crippen molar-refractivity contribution in [3.63, 3.8) is 0 Å². The lowest BCUT2D eigenvalue weighted by Gasteiger charge is -2.22. The molecule has 1 aromatic carbocycles. The Bertz CT molecular complexity index is 768. The average Bonchev–Trinajstić information content (AvgIpc) is 3.08. The molecule has 1 aromatic heterocycles. The highest BCUT2D eigenvalue weighted by atomic mass is 19.4. The Morgan fingerprint density at radius 2 is 1.81 bits per heavy atom. The van der Waals surface area contributed by atoms with E-state index in [4.69, 9.17) is 0 Å². The van der Waals surface area contributed by atoms with Gasteiger partial charge in [0.05, 0.1) is 6.54 Å². The molecule has 0 saturated carbocycles. The zero-order valence-corrected chi connectivity index (χ0v) is 14.5. The Hall–Kier alpha value is -2.72. The van der Waals surface area contributed by atoms with Gasteiger partial charge in [0, 0.05) is 25.6 Å². The van der Waals surface area contributed by atoms with Gasteiger partial charge in [0.1, 0.15) is 0 Å². The highest BCUT2D eigenvalue weighted by Crippen LogP contribution is 2.29. The maximum atomic E-state index is 12.8. The molecule has 6 nitrogen and oxygen atoms in total. The summed E-state index contributed by atoms with van der Waals surface area (Å²) in [5.74, 6) is -4.68. The maximum Gasteiger partial charge on any atom is 0.471 e. The van der Waals surface area contributed by atoms with Crippen molar-refractivity contribution in [1.82, 2.24) is 20.4 Å². The molecule has 0 unspecified atom stereocenters. The van der Waals surface area contributed by atoms with Crippen molar-refractivity contribution < 1.29 is 31.3 Å². The van der Waals surface area contributed by atoms with Gasteiger partial charge in [0.15, 0.2) is 0 Å². The second-order valence-electron chi connectivity index (χ2n) is 5.86. The average molecular weight is 392 g/mol. The largest absolute Gasteiger partial charge is 0.471 e. The summed E-state index contributed by atoms with van der Waals surface area (Å²) >= 11 is 0. The second-order valence-corrected chi connectivity index (χ2v) is 5.86. The van der Waals surface area contributed by atoms with E-state index in [2.05, 4.69) is 20.0 Å². The second kappa shape index (κ2) is 7.89. The number of nitrogens with one attached hydrogen (secondary N) is 1. The molecule has 0 radical (unpaired) electrons. The van der Waals surface area contributed by atoms with Crippen molar-refractivity contribution in [3.8, 4) is 11.4 Å². The van der Waals surface area contributed by atoms with Crippen LogP contribution in [0.4, 0.5) is 26.7 Å². The number of halogens is 5. The van der Waals surface area contributed by atoms with E-state index in [-0.39, 0.29) is 18.9 Å². The maximum absolute atomic E-state index is 12.8. The van der Waals surface area contributed by atoms with Crippen LogP contribution in [-0.4, -0.2) is 40.1 Å². The summed E-state index contributed by atoms with van der Waals surface area (Å²) in [6.45, 7) is 2.03. The lowest BCUT2D eigenvalue weighted by atomic mass is 10.1. The molecule has 2 aromatic rings. The van der Waals surface area contributed by atoms with Gasteiger partial charge in [-0.1, -0.05) is 29.4 Å². The molecule has 1 N–H and O–H groups in total. The van der Waals surface area contributed by atoms with Crippen molar-refractivity contribution in [2.75, 3.05) is 13.1 Å². The molecule has 2 amide bonds. The molecule has 0 fully saturated rings. The Morgan fingerprint density at radius 1 is 1.19 bits per heavy atom. The Morgan fingerprint density at radius 3 is 2.30 bits per heavy atom. The van der Waals surface area contributed by atoms with Gasteiger partial charge < -0.3 is 14.7 Å². The molecule has 1 heterocycles. The van der Waals surface area contributed by atoms with Gasteiger partial charge in [-0.15, -0.1) is 0 Å². The van der Waals surface area contributed by atoms with Crippen LogP contribution in [0.5, 0.6) is 0 Å². The molecular formula is C16H17F5N4O2. The summed E-state index contributed by atoms with van der Waals surface area (Å²) < 4.78 is 67.3. The molecule has 27 heavy (non-hydrogen) atoms. The zero-order chi connectivity index (χ0) is 20.2. The van der Waals surface area contributed by atoms with Crippen molar-refractivity contribution in [2.24, 2.45) is 0 Å². The van der Waals surface area contributed by atoms with E-state index in [1.165, 1.54) is 17.0 Å². The van der Waals surface area contributed by atoms with Gasteiger partial charge in [-0.05, 0) is 12.5 Å². The van der Waals surface area contributed by atoms with Crippen LogP contribution in [-0.2, 0) is 12.7 Å². The first-order valence-electron chi connectivity index (χ1n) is 7.90. The molecule has 0 bridgehead atoms. The zero-order valence-electron chi connectivity index (χ0n) is 14.5. The van der Waals surface area contributed by atoms with E-state index in [1.54, 1.807) is 19.1 Å². The van der Waals surface area contributed by atoms with Gasteiger partial charge in [-0.3, -0.25) is 0 Å². The van der Waals surface area contributed by atoms with E-state index < -0.39 is 30.6 Å². The molecular weight excluding hydrogens is 375 g/mol. The van der Waals surface area contributed by atoms with Gasteiger partial charge in [-0.2, -0.15) is 18.2 Å². The van der Waals surface area contributed by atoms with Crippen molar-refractivity contribution in [1.29, 1.82) is 0 Å². The van der Waals surface area contributed by atoms with Crippen LogP contribution >= 0.6 is 0 Å². The molecule has 0 spiro atoms. The third kappa shape index (κ3) is 5.90. The van der Waals surface area contributed by atoms with Crippen molar-refractivity contribution in [2.45, 2.75) is 32.5 Å². The highest BCUT2D eigenvalue weighted by molar-refractivity contribution is 5.74. The smallest absolute Gasteiger partial charge is 0.332 e. The number of aromatic nitrogens is 2. The van der Waals surface area contributed by atoms with Crippen LogP contribution < -0.4 is 5.32 Å². The minimum Gasteiger partial charge on any atom is -0.332 e. The topological polar surface area (TPSA) is 71.3 Å². The molecule has 0 aliphatic carbocycles. The summed E-state index contributed by atoms with van der Waals surface area (Å²) in [5.41, 5.74) is 0.953. The minimum atomic E-state index is -4.73. The molecule has 148 valence electrons. The summed E-state index contributed by atoms with van der Waals surface area (Å²) in [6.07, 6.45) is -4.73. The Balaban J connectivity index is 2.03. The van der Waals surface area contributed by atoms with Crippen LogP contribution in [0.15, 0.2) is 28.8 Å². The molecule has 0 aliphatic rings. The molecule has 0 aliphatic heterocycles. The summed E-state index contributed by atoms with van der Waals surface area (Å²) in [7, 11) is 0. The van der Waals surface area contributed by atoms with Gasteiger partial charge in [-0.25, -0.2) is 13.6 Å². The third-order valence-corrected chi connectivity index (χ3v) is 3.47. The summed E-state index contributed by atoms with van der Waals surface area (Å²) in [5, 5.41) is 5.43. The third-order valence-electron chi connectivity index (χ3n) is 3.47. The fourth-order valence-corrected chi connectivity index (χ4v) is 2.11. The highest BCUT2D eigenvalue weighted by Gasteiger charge is 2.38. The quantitative estimate of drug-likeness (QED) is 0.756. The van der Waals surface area contributed by atoms with Gasteiger partial charge in [0.2, 0.25) is 5.82 Å². The standard InChI is InChI=1S/C16H17F5N4O2/c1-3-25(14(26)22-9-15(2,17)18)8-10-4-6-11(7-5-10)12-23-13(27-24-12)16(19,20)21/h4-7H,3,8-9H2,1-2H3,(H,22,26). The number of carbonyl (C=O) groups excluding carboxylic acids is 1. The van der Waals surface area contributed by atoms with E-state index in [0.29, 0.717) is 18.1 Å². The predicted molar refractivity (Wildman–Crippen MR) is 84.8 cm³/mol. The number of nitrogens with zero attached hydrogens (tertiary/aromatic N) is 3. The number of urea groups is 1. The number of hydrogen-bond donors (Lipinski definition) is 1. The van der Waals surface area contributed by atoms with E-state index in [0.717, 1.165) is 0 Å². The number of carbonyl (C=O) groups is 1. The van der Waals surface area contributed by atoms with Crippen LogP contribution in [0.2, 0.25) is 0 Å². The van der Waals surface area contributed by atoms with Gasteiger partial charge >= 0.3 is 18.1 Å². The van der Waals surface area contributed by atoms with Crippen LogP contribution in [0.3, 0.4) is 0 Å². The van der Waals surface area contributed by atoms with Crippen molar-refractivity contribution >= 4 is 6.03 Å². The van der Waals surface area contributed by atoms with Gasteiger partial charge in [0.25, 0.3) is 5.92 Å². The summed E-state index contributed by atoms with van der Waals surface area (Å²) in [6, 6.07) is 5.46. The number of benzene rings is 1. The summed E-state index contributed by atoms with van der Waals surface area (Å²) in [4.78, 5) is 16.6. The molecule has 0 atom stereocenters. The lowest BCUT2D eigenvalue weighted by Crippen LogP contribution is -2.43. The monoisotopic (exact) mass is 392 g/mol. The number of amides is 2. The first-order chi connectivity index (χ1) is 12.5. The van der Waals surface area contributed by atoms with E-state index >= 15 is 0 Å². The van der Waals surface area contributed by atoms with Crippen LogP contribution in [0.25, 0.3) is 11.4 Å². The first-order valence-corrected chi connectivity index (χ1v) is 7.90. The van der Waals surface area contributed by atoms with E-state index in [9.17, 15) is 26.7 Å². The van der Waals surface area contributed by atoms with E-state index in [1.807, 2.05) is 0 Å². The molecule has 11 heteroatoms. The number of hydrogen-bond acceptors (Lipinski definition) is 4. The predicted octanol–water partition coefficient (Wildman–Crippen LogP) is 3.94. The molecule has 2 rings (SSSR count). The Kier molecular flexibility index (Phi) is 6.01.